The third-order valence-electron chi connectivity index (χ3n) is 5.13. The average molecular weight is 478 g/mol. The molecule has 1 aliphatic rings. The van der Waals surface area contributed by atoms with Crippen LogP contribution in [0.2, 0.25) is 0 Å². The molecule has 0 radical (unpaired) electrons. The second-order valence-electron chi connectivity index (χ2n) is 7.86. The van der Waals surface area contributed by atoms with Gasteiger partial charge in [0.25, 0.3) is 5.91 Å². The van der Waals surface area contributed by atoms with E-state index in [4.69, 9.17) is 11.2 Å². The zero-order valence-corrected chi connectivity index (χ0v) is 19.9. The fourth-order valence-electron chi connectivity index (χ4n) is 3.71. The van der Waals surface area contributed by atoms with Crippen LogP contribution in [0.15, 0.2) is 23.2 Å². The lowest BCUT2D eigenvalue weighted by molar-refractivity contribution is -0.130. The van der Waals surface area contributed by atoms with E-state index >= 15 is 0 Å². The predicted molar refractivity (Wildman–Crippen MR) is 124 cm³/mol. The monoisotopic (exact) mass is 477 g/mol. The highest BCUT2D eigenvalue weighted by Crippen LogP contribution is 2.23. The Morgan fingerprint density at radius 1 is 1.34 bits per heavy atom. The molecule has 1 aliphatic heterocycles. The Morgan fingerprint density at radius 2 is 2.12 bits per heavy atom. The van der Waals surface area contributed by atoms with Crippen molar-refractivity contribution in [2.75, 3.05) is 31.2 Å². The molecule has 0 bridgehead atoms. The summed E-state index contributed by atoms with van der Waals surface area (Å²) in [7, 11) is -3.94. The summed E-state index contributed by atoms with van der Waals surface area (Å²) < 4.78 is 33.0. The van der Waals surface area contributed by atoms with Crippen LogP contribution in [-0.2, 0) is 26.0 Å². The van der Waals surface area contributed by atoms with E-state index < -0.39 is 33.2 Å². The van der Waals surface area contributed by atoms with Crippen molar-refractivity contribution in [2.45, 2.75) is 33.2 Å². The predicted octanol–water partition coefficient (Wildman–Crippen LogP) is 1.84. The molecule has 1 unspecified atom stereocenters. The molecule has 0 spiro atoms. The number of amides is 2. The summed E-state index contributed by atoms with van der Waals surface area (Å²) in [5.41, 5.74) is 0.778. The van der Waals surface area contributed by atoms with Crippen LogP contribution in [0.3, 0.4) is 0 Å². The quantitative estimate of drug-likeness (QED) is 0.567. The van der Waals surface area contributed by atoms with Crippen molar-refractivity contribution in [1.29, 1.82) is 0 Å². The fraction of sp³-hybridized carbons (Fsp3) is 0.500. The minimum Gasteiger partial charge on any atom is -0.494 e. The van der Waals surface area contributed by atoms with Crippen LogP contribution < -0.4 is 9.54 Å². The number of carbonyl (C=O) groups excluding carboxylic acids is 2. The number of hydrogen-bond donors (Lipinski definition) is 0. The van der Waals surface area contributed by atoms with Crippen molar-refractivity contribution in [1.82, 2.24) is 9.47 Å². The van der Waals surface area contributed by atoms with Gasteiger partial charge in [0.05, 0.1) is 23.4 Å². The molecule has 32 heavy (non-hydrogen) atoms. The Bertz CT molecular complexity index is 1220. The van der Waals surface area contributed by atoms with E-state index in [1.165, 1.54) is 11.3 Å². The second-order valence-corrected chi connectivity index (χ2v) is 10.9. The molecule has 1 saturated heterocycles. The Labute approximate surface area is 191 Å². The van der Waals surface area contributed by atoms with Gasteiger partial charge in [0.15, 0.2) is 14.6 Å². The van der Waals surface area contributed by atoms with Gasteiger partial charge in [0.1, 0.15) is 17.3 Å². The molecular formula is C22H27N3O5S2. The van der Waals surface area contributed by atoms with E-state index in [0.717, 1.165) is 23.1 Å². The number of terminal acetylenes is 1. The first-order valence-electron chi connectivity index (χ1n) is 10.5. The van der Waals surface area contributed by atoms with Crippen LogP contribution in [0.4, 0.5) is 0 Å². The lowest BCUT2D eigenvalue weighted by atomic mass is 10.0. The minimum atomic E-state index is -3.94. The van der Waals surface area contributed by atoms with Crippen LogP contribution in [0.1, 0.15) is 26.7 Å². The van der Waals surface area contributed by atoms with E-state index in [2.05, 4.69) is 10.9 Å². The van der Waals surface area contributed by atoms with Crippen molar-refractivity contribution in [3.8, 4) is 18.1 Å². The lowest BCUT2D eigenvalue weighted by Crippen LogP contribution is -2.42. The molecule has 0 N–H and O–H groups in total. The third kappa shape index (κ3) is 5.99. The molecule has 0 aliphatic carbocycles. The number of nitrogens with zero attached hydrogens (tertiary/aromatic N) is 3. The number of aromatic nitrogens is 1. The van der Waals surface area contributed by atoms with Gasteiger partial charge in [0, 0.05) is 13.1 Å². The summed E-state index contributed by atoms with van der Waals surface area (Å²) in [6.07, 6.45) is 7.34. The fourth-order valence-corrected chi connectivity index (χ4v) is 5.89. The molecule has 2 aromatic rings. The van der Waals surface area contributed by atoms with Crippen LogP contribution in [0.25, 0.3) is 10.2 Å². The van der Waals surface area contributed by atoms with E-state index in [1.54, 1.807) is 15.5 Å². The number of ether oxygens (including phenoxy) is 1. The van der Waals surface area contributed by atoms with Crippen molar-refractivity contribution < 1.29 is 22.7 Å². The van der Waals surface area contributed by atoms with Crippen LogP contribution in [0, 0.1) is 18.3 Å². The molecule has 3 rings (SSSR count). The van der Waals surface area contributed by atoms with E-state index in [9.17, 15) is 18.0 Å². The highest BCUT2D eigenvalue weighted by Gasteiger charge is 2.27. The molecule has 0 saturated carbocycles. The van der Waals surface area contributed by atoms with Crippen LogP contribution >= 0.6 is 11.3 Å². The first kappa shape index (κ1) is 24.0. The molecule has 10 heteroatoms. The number of hydrogen-bond acceptors (Lipinski definition) is 6. The Kier molecular flexibility index (Phi) is 7.74. The summed E-state index contributed by atoms with van der Waals surface area (Å²) in [5, 5.41) is 0. The zero-order valence-electron chi connectivity index (χ0n) is 18.2. The third-order valence-corrected chi connectivity index (χ3v) is 7.55. The number of likely N-dealkylation sites (tertiary alicyclic amines) is 1. The second kappa shape index (κ2) is 10.3. The summed E-state index contributed by atoms with van der Waals surface area (Å²) in [4.78, 5) is 30.8. The number of rotatable bonds is 7. The SMILES string of the molecule is C#CCn1c(=NC(=O)CS(=O)(=O)CC(=O)N2CCCC(C)C2)sc2cc(OCC)ccc21. The number of piperidine rings is 1. The summed E-state index contributed by atoms with van der Waals surface area (Å²) >= 11 is 1.22. The Balaban J connectivity index is 1.79. The van der Waals surface area contributed by atoms with Gasteiger partial charge in [-0.1, -0.05) is 24.2 Å². The highest BCUT2D eigenvalue weighted by molar-refractivity contribution is 7.92. The van der Waals surface area contributed by atoms with Gasteiger partial charge in [-0.3, -0.25) is 9.59 Å². The van der Waals surface area contributed by atoms with Gasteiger partial charge in [-0.05, 0) is 43.9 Å². The summed E-state index contributed by atoms with van der Waals surface area (Å²) in [6, 6.07) is 5.45. The van der Waals surface area contributed by atoms with Crippen LogP contribution in [0.5, 0.6) is 5.75 Å². The highest BCUT2D eigenvalue weighted by atomic mass is 32.2. The normalized spacial score (nSPS) is 17.3. The van der Waals surface area contributed by atoms with Gasteiger partial charge in [-0.25, -0.2) is 8.42 Å². The number of sulfone groups is 1. The number of carbonyl (C=O) groups is 2. The minimum absolute atomic E-state index is 0.179. The smallest absolute Gasteiger partial charge is 0.263 e. The molecule has 1 aromatic heterocycles. The molecule has 1 fully saturated rings. The molecular weight excluding hydrogens is 450 g/mol. The van der Waals surface area contributed by atoms with Gasteiger partial charge in [-0.15, -0.1) is 6.42 Å². The van der Waals surface area contributed by atoms with Gasteiger partial charge in [0.2, 0.25) is 5.91 Å². The topological polar surface area (TPSA) is 98.0 Å². The Morgan fingerprint density at radius 3 is 2.81 bits per heavy atom. The molecule has 8 nitrogen and oxygen atoms in total. The molecule has 2 heterocycles. The standard InChI is InChI=1S/C22H27N3O5S2/c1-4-10-25-18-9-8-17(30-5-2)12-19(18)31-22(25)23-20(26)14-32(28,29)15-21(27)24-11-6-7-16(3)13-24/h1,8-9,12,16H,5-7,10-11,13-15H2,2-3H3. The number of fused-ring (bicyclic) bond motifs is 1. The van der Waals surface area contributed by atoms with E-state index in [0.29, 0.717) is 36.2 Å². The van der Waals surface area contributed by atoms with Gasteiger partial charge < -0.3 is 14.2 Å². The number of benzene rings is 1. The summed E-state index contributed by atoms with van der Waals surface area (Å²) in [5.74, 6) is 0.756. The van der Waals surface area contributed by atoms with Crippen molar-refractivity contribution in [3.63, 3.8) is 0 Å². The van der Waals surface area contributed by atoms with Crippen LogP contribution in [-0.4, -0.2) is 60.9 Å². The number of thiazole rings is 1. The summed E-state index contributed by atoms with van der Waals surface area (Å²) in [6.45, 7) is 5.71. The molecule has 1 atom stereocenters. The zero-order chi connectivity index (χ0) is 23.3. The van der Waals surface area contributed by atoms with Crippen molar-refractivity contribution in [3.05, 3.63) is 23.0 Å². The van der Waals surface area contributed by atoms with E-state index in [1.807, 2.05) is 26.0 Å². The van der Waals surface area contributed by atoms with Gasteiger partial charge in [-0.2, -0.15) is 4.99 Å². The maximum absolute atomic E-state index is 12.5. The average Bonchev–Trinajstić information content (AvgIpc) is 3.04. The first-order chi connectivity index (χ1) is 15.2. The lowest BCUT2D eigenvalue weighted by Gasteiger charge is -2.30. The van der Waals surface area contributed by atoms with E-state index in [-0.39, 0.29) is 6.54 Å². The first-order valence-corrected chi connectivity index (χ1v) is 13.1. The van der Waals surface area contributed by atoms with Gasteiger partial charge >= 0.3 is 0 Å². The molecule has 1 aromatic carbocycles. The maximum atomic E-state index is 12.5. The molecule has 2 amide bonds. The molecule has 172 valence electrons. The van der Waals surface area contributed by atoms with Crippen molar-refractivity contribution >= 4 is 43.2 Å². The van der Waals surface area contributed by atoms with Crippen molar-refractivity contribution in [2.24, 2.45) is 10.9 Å². The largest absolute Gasteiger partial charge is 0.494 e. The Hall–Kier alpha value is -2.64. The maximum Gasteiger partial charge on any atom is 0.263 e.